The van der Waals surface area contributed by atoms with E-state index in [-0.39, 0.29) is 29.4 Å². The average Bonchev–Trinajstić information content (AvgIpc) is 3.56. The van der Waals surface area contributed by atoms with Gasteiger partial charge in [0.2, 0.25) is 5.78 Å². The van der Waals surface area contributed by atoms with Gasteiger partial charge >= 0.3 is 0 Å². The van der Waals surface area contributed by atoms with Crippen LogP contribution in [0.1, 0.15) is 34.8 Å². The van der Waals surface area contributed by atoms with Crippen LogP contribution >= 0.6 is 0 Å². The van der Waals surface area contributed by atoms with Crippen LogP contribution < -0.4 is 4.74 Å². The summed E-state index contributed by atoms with van der Waals surface area (Å²) in [7, 11) is 0. The number of ether oxygens (including phenoxy) is 1. The number of carbonyl (C=O) groups is 2. The van der Waals surface area contributed by atoms with Gasteiger partial charge in [-0.15, -0.1) is 0 Å². The van der Waals surface area contributed by atoms with Gasteiger partial charge < -0.3 is 28.7 Å². The molecule has 8 nitrogen and oxygen atoms in total. The number of Topliss-reactive ketones (excluding diaryl/α,β-unsaturated/α-hetero) is 1. The number of fused-ring (bicyclic) bond motifs is 1. The second-order valence-corrected chi connectivity index (χ2v) is 7.82. The lowest BCUT2D eigenvalue weighted by molar-refractivity contribution is -0.130. The monoisotopic (exact) mass is 459 g/mol. The van der Waals surface area contributed by atoms with Crippen LogP contribution in [-0.4, -0.2) is 33.4 Å². The summed E-state index contributed by atoms with van der Waals surface area (Å²) in [6.07, 6.45) is 1.48. The second kappa shape index (κ2) is 8.47. The van der Waals surface area contributed by atoms with Crippen molar-refractivity contribution in [3.63, 3.8) is 0 Å². The fraction of sp³-hybridized carbons (Fsp3) is 0.154. The number of furan rings is 2. The predicted molar refractivity (Wildman–Crippen MR) is 121 cm³/mol. The van der Waals surface area contributed by atoms with Crippen LogP contribution in [0.2, 0.25) is 0 Å². The summed E-state index contributed by atoms with van der Waals surface area (Å²) in [6.45, 7) is 2.10. The first-order valence-electron chi connectivity index (χ1n) is 10.7. The van der Waals surface area contributed by atoms with Crippen molar-refractivity contribution in [2.24, 2.45) is 0 Å². The molecule has 0 aliphatic carbocycles. The molecule has 1 aliphatic rings. The van der Waals surface area contributed by atoms with E-state index in [1.807, 2.05) is 6.07 Å². The third-order valence-corrected chi connectivity index (χ3v) is 5.70. The summed E-state index contributed by atoms with van der Waals surface area (Å²) in [5.74, 6) is -1.38. The number of phenols is 1. The molecule has 2 aromatic carbocycles. The number of benzene rings is 2. The van der Waals surface area contributed by atoms with Gasteiger partial charge in [0.15, 0.2) is 23.0 Å². The highest BCUT2D eigenvalue weighted by Crippen LogP contribution is 2.42. The van der Waals surface area contributed by atoms with Gasteiger partial charge in [0, 0.05) is 5.39 Å². The number of nitrogens with zero attached hydrogens (tertiary/aromatic N) is 1. The Balaban J connectivity index is 1.62. The largest absolute Gasteiger partial charge is 0.504 e. The topological polar surface area (TPSA) is 113 Å². The van der Waals surface area contributed by atoms with Crippen molar-refractivity contribution in [2.75, 3.05) is 6.61 Å². The lowest BCUT2D eigenvalue weighted by Crippen LogP contribution is -2.30. The maximum Gasteiger partial charge on any atom is 0.290 e. The molecule has 0 saturated carbocycles. The predicted octanol–water partition coefficient (Wildman–Crippen LogP) is 4.91. The molecule has 2 N–H and O–H groups in total. The van der Waals surface area contributed by atoms with Crippen molar-refractivity contribution < 1.29 is 33.4 Å². The lowest BCUT2D eigenvalue weighted by Gasteiger charge is -2.26. The normalized spacial score (nSPS) is 16.0. The standard InChI is InChI=1S/C26H21NO7/c1-2-32-20-13-16(9-10-18(20)28)23-22(24(29)21-12-15-6-3-4-8-19(15)34-21)25(30)26(31)27(23)14-17-7-5-11-33-17/h3-13,23,28,30H,2,14H2,1H3. The molecule has 34 heavy (non-hydrogen) atoms. The molecule has 8 heteroatoms. The van der Waals surface area contributed by atoms with E-state index in [4.69, 9.17) is 13.6 Å². The Morgan fingerprint density at radius 2 is 1.91 bits per heavy atom. The fourth-order valence-corrected chi connectivity index (χ4v) is 4.16. The minimum absolute atomic E-state index is 0.00390. The molecule has 1 atom stereocenters. The summed E-state index contributed by atoms with van der Waals surface area (Å²) >= 11 is 0. The summed E-state index contributed by atoms with van der Waals surface area (Å²) in [4.78, 5) is 28.1. The Morgan fingerprint density at radius 1 is 1.09 bits per heavy atom. The van der Waals surface area contributed by atoms with Gasteiger partial charge in [-0.1, -0.05) is 24.3 Å². The van der Waals surface area contributed by atoms with Crippen molar-refractivity contribution in [2.45, 2.75) is 19.5 Å². The summed E-state index contributed by atoms with van der Waals surface area (Å²) in [5, 5.41) is 21.7. The highest BCUT2D eigenvalue weighted by Gasteiger charge is 2.45. The van der Waals surface area contributed by atoms with Gasteiger partial charge in [0.05, 0.1) is 31.0 Å². The molecule has 0 fully saturated rings. The van der Waals surface area contributed by atoms with E-state index in [0.29, 0.717) is 23.5 Å². The smallest absolute Gasteiger partial charge is 0.290 e. The minimum atomic E-state index is -0.960. The van der Waals surface area contributed by atoms with Crippen molar-refractivity contribution in [3.8, 4) is 11.5 Å². The van der Waals surface area contributed by atoms with Crippen LogP contribution in [0.4, 0.5) is 0 Å². The number of aliphatic hydroxyl groups is 1. The van der Waals surface area contributed by atoms with E-state index in [1.165, 1.54) is 17.2 Å². The second-order valence-electron chi connectivity index (χ2n) is 7.82. The molecule has 0 bridgehead atoms. The Kier molecular flexibility index (Phi) is 5.33. The van der Waals surface area contributed by atoms with Crippen molar-refractivity contribution in [3.05, 3.63) is 95.3 Å². The average molecular weight is 459 g/mol. The van der Waals surface area contributed by atoms with Crippen LogP contribution in [0, 0.1) is 0 Å². The molecular weight excluding hydrogens is 438 g/mol. The Bertz CT molecular complexity index is 1380. The molecule has 4 aromatic rings. The number of amides is 1. The van der Waals surface area contributed by atoms with Crippen LogP contribution in [0.25, 0.3) is 11.0 Å². The number of rotatable bonds is 7. The maximum absolute atomic E-state index is 13.6. The molecule has 1 aliphatic heterocycles. The fourth-order valence-electron chi connectivity index (χ4n) is 4.16. The number of hydrogen-bond acceptors (Lipinski definition) is 7. The summed E-state index contributed by atoms with van der Waals surface area (Å²) < 4.78 is 16.6. The highest BCUT2D eigenvalue weighted by atomic mass is 16.5. The van der Waals surface area contributed by atoms with E-state index in [9.17, 15) is 19.8 Å². The van der Waals surface area contributed by atoms with Crippen LogP contribution in [-0.2, 0) is 11.3 Å². The van der Waals surface area contributed by atoms with Gasteiger partial charge in [-0.2, -0.15) is 0 Å². The lowest BCUT2D eigenvalue weighted by atomic mass is 9.94. The van der Waals surface area contributed by atoms with Crippen LogP contribution in [0.5, 0.6) is 11.5 Å². The minimum Gasteiger partial charge on any atom is -0.504 e. The first-order chi connectivity index (χ1) is 16.5. The molecule has 172 valence electrons. The Labute approximate surface area is 194 Å². The molecule has 2 aromatic heterocycles. The third-order valence-electron chi connectivity index (χ3n) is 5.70. The molecule has 3 heterocycles. The Hall–Kier alpha value is -4.46. The van der Waals surface area contributed by atoms with Crippen molar-refractivity contribution in [1.29, 1.82) is 0 Å². The summed E-state index contributed by atoms with van der Waals surface area (Å²) in [6, 6.07) is 15.7. The third kappa shape index (κ3) is 3.59. The van der Waals surface area contributed by atoms with E-state index < -0.39 is 23.5 Å². The number of para-hydroxylation sites is 1. The number of carbonyl (C=O) groups excluding carboxylic acids is 2. The number of aromatic hydroxyl groups is 1. The maximum atomic E-state index is 13.6. The quantitative estimate of drug-likeness (QED) is 0.378. The zero-order valence-electron chi connectivity index (χ0n) is 18.2. The molecule has 0 spiro atoms. The van der Waals surface area contributed by atoms with Crippen LogP contribution in [0.3, 0.4) is 0 Å². The van der Waals surface area contributed by atoms with Gasteiger partial charge in [-0.25, -0.2) is 0 Å². The first kappa shape index (κ1) is 21.4. The van der Waals surface area contributed by atoms with E-state index >= 15 is 0 Å². The van der Waals surface area contributed by atoms with E-state index in [2.05, 4.69) is 0 Å². The number of phenolic OH excluding ortho intramolecular Hbond substituents is 1. The van der Waals surface area contributed by atoms with Gasteiger partial charge in [-0.3, -0.25) is 9.59 Å². The number of ketones is 1. The zero-order chi connectivity index (χ0) is 23.8. The van der Waals surface area contributed by atoms with Gasteiger partial charge in [-0.05, 0) is 48.9 Å². The molecule has 1 unspecified atom stereocenters. The Morgan fingerprint density at radius 3 is 2.65 bits per heavy atom. The molecule has 0 saturated heterocycles. The van der Waals surface area contributed by atoms with Crippen molar-refractivity contribution in [1.82, 2.24) is 4.90 Å². The number of aliphatic hydroxyl groups excluding tert-OH is 1. The van der Waals surface area contributed by atoms with E-state index in [1.54, 1.807) is 55.5 Å². The molecular formula is C26H21NO7. The molecule has 5 rings (SSSR count). The summed E-state index contributed by atoms with van der Waals surface area (Å²) in [5.41, 5.74) is 0.871. The molecule has 1 amide bonds. The highest BCUT2D eigenvalue weighted by molar-refractivity contribution is 6.16. The van der Waals surface area contributed by atoms with Crippen molar-refractivity contribution >= 4 is 22.7 Å². The van der Waals surface area contributed by atoms with Crippen LogP contribution in [0.15, 0.2) is 87.1 Å². The van der Waals surface area contributed by atoms with Gasteiger partial charge in [0.1, 0.15) is 11.3 Å². The zero-order valence-corrected chi connectivity index (χ0v) is 18.2. The van der Waals surface area contributed by atoms with Gasteiger partial charge in [0.25, 0.3) is 5.91 Å². The number of hydrogen-bond donors (Lipinski definition) is 2. The first-order valence-corrected chi connectivity index (χ1v) is 10.7. The molecule has 0 radical (unpaired) electrons. The SMILES string of the molecule is CCOc1cc(C2C(C(=O)c3cc4ccccc4o3)=C(O)C(=O)N2Cc2ccco2)ccc1O. The van der Waals surface area contributed by atoms with E-state index in [0.717, 1.165) is 5.39 Å².